The van der Waals surface area contributed by atoms with Crippen molar-refractivity contribution >= 4 is 11.8 Å². The number of carbonyl (C=O) groups excluding carboxylic acids is 2. The van der Waals surface area contributed by atoms with Gasteiger partial charge in [0.05, 0.1) is 25.0 Å². The van der Waals surface area contributed by atoms with Gasteiger partial charge in [0.25, 0.3) is 11.8 Å². The van der Waals surface area contributed by atoms with Crippen LogP contribution in [-0.4, -0.2) is 55.3 Å². The van der Waals surface area contributed by atoms with Crippen molar-refractivity contribution in [2.24, 2.45) is 0 Å². The van der Waals surface area contributed by atoms with Gasteiger partial charge in [-0.15, -0.1) is 5.10 Å². The Kier molecular flexibility index (Phi) is 4.68. The van der Waals surface area contributed by atoms with Gasteiger partial charge in [-0.05, 0) is 25.7 Å². The molecule has 26 heavy (non-hydrogen) atoms. The fraction of sp³-hybridized carbons (Fsp3) is 0.588. The van der Waals surface area contributed by atoms with E-state index in [9.17, 15) is 9.59 Å². The number of nitrogens with one attached hydrogen (secondary N) is 1. The van der Waals surface area contributed by atoms with Gasteiger partial charge in [-0.3, -0.25) is 9.59 Å². The maximum absolute atomic E-state index is 12.5. The summed E-state index contributed by atoms with van der Waals surface area (Å²) in [7, 11) is 0. The first kappa shape index (κ1) is 16.7. The molecular formula is C17H22N6O3. The van der Waals surface area contributed by atoms with Crippen LogP contribution < -0.4 is 5.32 Å². The fourth-order valence-corrected chi connectivity index (χ4v) is 3.79. The smallest absolute Gasteiger partial charge is 0.291 e. The summed E-state index contributed by atoms with van der Waals surface area (Å²) in [5.74, 6) is -0.0967. The van der Waals surface area contributed by atoms with Crippen molar-refractivity contribution in [2.45, 2.75) is 57.2 Å². The molecule has 0 spiro atoms. The van der Waals surface area contributed by atoms with E-state index in [1.807, 2.05) is 0 Å². The van der Waals surface area contributed by atoms with E-state index >= 15 is 0 Å². The van der Waals surface area contributed by atoms with Gasteiger partial charge >= 0.3 is 0 Å². The molecule has 1 saturated carbocycles. The number of amides is 2. The minimum absolute atomic E-state index is 0.0000401. The van der Waals surface area contributed by atoms with Crippen molar-refractivity contribution in [3.05, 3.63) is 30.2 Å². The van der Waals surface area contributed by atoms with E-state index in [-0.39, 0.29) is 29.7 Å². The lowest BCUT2D eigenvalue weighted by Gasteiger charge is -2.23. The molecule has 3 heterocycles. The summed E-state index contributed by atoms with van der Waals surface area (Å²) in [6.07, 6.45) is 10.5. The molecule has 1 saturated heterocycles. The van der Waals surface area contributed by atoms with Crippen molar-refractivity contribution in [1.29, 1.82) is 0 Å². The Bertz CT molecular complexity index is 765. The average molecular weight is 358 g/mol. The average Bonchev–Trinajstić information content (AvgIpc) is 3.42. The summed E-state index contributed by atoms with van der Waals surface area (Å²) in [4.78, 5) is 30.3. The van der Waals surface area contributed by atoms with Crippen molar-refractivity contribution < 1.29 is 14.0 Å². The Hall–Kier alpha value is -2.71. The lowest BCUT2D eigenvalue weighted by atomic mass is 10.2. The third-order valence-corrected chi connectivity index (χ3v) is 5.14. The first-order valence-electron chi connectivity index (χ1n) is 9.11. The summed E-state index contributed by atoms with van der Waals surface area (Å²) in [5.41, 5.74) is 0.322. The highest BCUT2D eigenvalue weighted by Gasteiger charge is 2.31. The molecule has 0 unspecified atom stereocenters. The van der Waals surface area contributed by atoms with Crippen LogP contribution in [0.15, 0.2) is 23.2 Å². The van der Waals surface area contributed by atoms with Gasteiger partial charge in [0, 0.05) is 12.6 Å². The molecule has 2 aromatic heterocycles. The van der Waals surface area contributed by atoms with Gasteiger partial charge in [0.15, 0.2) is 12.1 Å². The Morgan fingerprint density at radius 3 is 2.85 bits per heavy atom. The minimum Gasteiger partial charge on any atom is -0.438 e. The topological polar surface area (TPSA) is 106 Å². The fourth-order valence-electron chi connectivity index (χ4n) is 3.79. The molecule has 4 rings (SSSR count). The van der Waals surface area contributed by atoms with Crippen molar-refractivity contribution in [3.8, 4) is 0 Å². The molecular weight excluding hydrogens is 336 g/mol. The van der Waals surface area contributed by atoms with Gasteiger partial charge in [0.1, 0.15) is 0 Å². The zero-order chi connectivity index (χ0) is 17.9. The maximum Gasteiger partial charge on any atom is 0.291 e. The first-order valence-corrected chi connectivity index (χ1v) is 9.11. The number of aromatic nitrogens is 4. The lowest BCUT2D eigenvalue weighted by molar-refractivity contribution is 0.0688. The van der Waals surface area contributed by atoms with Crippen LogP contribution in [0.3, 0.4) is 0 Å². The van der Waals surface area contributed by atoms with E-state index in [1.54, 1.807) is 15.8 Å². The van der Waals surface area contributed by atoms with E-state index in [2.05, 4.69) is 20.6 Å². The van der Waals surface area contributed by atoms with Crippen LogP contribution in [0, 0.1) is 0 Å². The monoisotopic (exact) mass is 358 g/mol. The van der Waals surface area contributed by atoms with Crippen LogP contribution in [0.2, 0.25) is 0 Å². The third kappa shape index (κ3) is 3.47. The summed E-state index contributed by atoms with van der Waals surface area (Å²) < 4.78 is 6.75. The van der Waals surface area contributed by atoms with Gasteiger partial charge in [-0.2, -0.15) is 0 Å². The number of hydrogen-bond acceptors (Lipinski definition) is 6. The normalized spacial score (nSPS) is 20.6. The van der Waals surface area contributed by atoms with Crippen LogP contribution in [0.5, 0.6) is 0 Å². The molecule has 2 fully saturated rings. The molecule has 1 N–H and O–H groups in total. The molecule has 2 aliphatic rings. The van der Waals surface area contributed by atoms with Crippen LogP contribution in [0.4, 0.5) is 0 Å². The van der Waals surface area contributed by atoms with Crippen LogP contribution in [-0.2, 0) is 6.54 Å². The molecule has 2 aromatic rings. The quantitative estimate of drug-likeness (QED) is 0.862. The number of nitrogens with zero attached hydrogens (tertiary/aromatic N) is 5. The first-order chi connectivity index (χ1) is 12.7. The predicted octanol–water partition coefficient (Wildman–Crippen LogP) is 1.24. The van der Waals surface area contributed by atoms with Gasteiger partial charge in [-0.1, -0.05) is 18.1 Å². The molecule has 0 radical (unpaired) electrons. The number of hydrogen-bond donors (Lipinski definition) is 1. The highest BCUT2D eigenvalue weighted by molar-refractivity contribution is 5.92. The van der Waals surface area contributed by atoms with Crippen molar-refractivity contribution in [3.63, 3.8) is 0 Å². The molecule has 9 heteroatoms. The van der Waals surface area contributed by atoms with E-state index in [4.69, 9.17) is 4.42 Å². The number of oxazole rings is 1. The van der Waals surface area contributed by atoms with E-state index < -0.39 is 0 Å². The molecule has 2 amide bonds. The second-order valence-corrected chi connectivity index (χ2v) is 6.94. The second kappa shape index (κ2) is 7.27. The van der Waals surface area contributed by atoms with E-state index in [0.717, 1.165) is 38.5 Å². The summed E-state index contributed by atoms with van der Waals surface area (Å²) in [5, 5.41) is 11.1. The summed E-state index contributed by atoms with van der Waals surface area (Å²) >= 11 is 0. The summed E-state index contributed by atoms with van der Waals surface area (Å²) in [6.45, 7) is 1.18. The third-order valence-electron chi connectivity index (χ3n) is 5.14. The zero-order valence-electron chi connectivity index (χ0n) is 14.5. The Morgan fingerprint density at radius 2 is 2.08 bits per heavy atom. The number of rotatable bonds is 5. The van der Waals surface area contributed by atoms with Crippen molar-refractivity contribution in [1.82, 2.24) is 30.2 Å². The van der Waals surface area contributed by atoms with E-state index in [1.165, 1.54) is 12.6 Å². The maximum atomic E-state index is 12.5. The van der Waals surface area contributed by atoms with Gasteiger partial charge < -0.3 is 14.6 Å². The second-order valence-electron chi connectivity index (χ2n) is 6.94. The molecule has 9 nitrogen and oxygen atoms in total. The number of likely N-dealkylation sites (tertiary alicyclic amines) is 1. The van der Waals surface area contributed by atoms with Crippen LogP contribution in [0.1, 0.15) is 59.6 Å². The molecule has 0 bridgehead atoms. The predicted molar refractivity (Wildman–Crippen MR) is 90.3 cm³/mol. The van der Waals surface area contributed by atoms with Gasteiger partial charge in [0.2, 0.25) is 5.76 Å². The lowest BCUT2D eigenvalue weighted by Crippen LogP contribution is -2.38. The molecule has 1 atom stereocenters. The Morgan fingerprint density at radius 1 is 1.23 bits per heavy atom. The zero-order valence-corrected chi connectivity index (χ0v) is 14.5. The highest BCUT2D eigenvalue weighted by atomic mass is 16.3. The molecule has 138 valence electrons. The van der Waals surface area contributed by atoms with Gasteiger partial charge in [-0.25, -0.2) is 9.67 Å². The summed E-state index contributed by atoms with van der Waals surface area (Å²) in [6, 6.07) is 0.248. The van der Waals surface area contributed by atoms with Crippen molar-refractivity contribution in [2.75, 3.05) is 6.54 Å². The van der Waals surface area contributed by atoms with Crippen LogP contribution in [0.25, 0.3) is 0 Å². The molecule has 0 aromatic carbocycles. The standard InChI is InChI=1S/C17H22N6O3/c24-16(19-12-4-1-2-5-12)14-10-22(21-20-14)9-13-6-3-7-23(13)17(25)15-8-18-11-26-15/h8,10-13H,1-7,9H2,(H,19,24)/t13-/m0/s1. The van der Waals surface area contributed by atoms with Crippen LogP contribution >= 0.6 is 0 Å². The Labute approximate surface area is 150 Å². The minimum atomic E-state index is -0.177. The van der Waals surface area contributed by atoms with E-state index in [0.29, 0.717) is 18.8 Å². The Balaban J connectivity index is 1.38. The SMILES string of the molecule is O=C(NC1CCCC1)c1cn(C[C@@H]2CCCN2C(=O)c2cnco2)nn1. The highest BCUT2D eigenvalue weighted by Crippen LogP contribution is 2.21. The molecule has 1 aliphatic carbocycles. The largest absolute Gasteiger partial charge is 0.438 e. The molecule has 1 aliphatic heterocycles. The number of carbonyl (C=O) groups is 2.